The van der Waals surface area contributed by atoms with Crippen LogP contribution in [0.4, 0.5) is 17.6 Å². The van der Waals surface area contributed by atoms with Crippen LogP contribution in [-0.2, 0) is 14.8 Å². The molecule has 4 N–H and O–H groups in total. The molecule has 0 bridgehead atoms. The Labute approximate surface area is 176 Å². The lowest BCUT2D eigenvalue weighted by molar-refractivity contribution is -0.192. The molecule has 1 fully saturated rings. The van der Waals surface area contributed by atoms with Crippen molar-refractivity contribution >= 4 is 16.0 Å². The van der Waals surface area contributed by atoms with Gasteiger partial charge in [-0.3, -0.25) is 0 Å². The van der Waals surface area contributed by atoms with Gasteiger partial charge in [-0.25, -0.2) is 22.6 Å². The van der Waals surface area contributed by atoms with Crippen LogP contribution in [0.5, 0.6) is 5.88 Å². The summed E-state index contributed by atoms with van der Waals surface area (Å²) in [7, 11) is -3.64. The van der Waals surface area contributed by atoms with Gasteiger partial charge in [0.1, 0.15) is 11.5 Å². The van der Waals surface area contributed by atoms with Crippen molar-refractivity contribution in [1.29, 1.82) is 0 Å². The lowest BCUT2D eigenvalue weighted by Gasteiger charge is -2.44. The molecule has 2 rings (SSSR count). The first-order valence-corrected chi connectivity index (χ1v) is 10.2. The van der Waals surface area contributed by atoms with E-state index in [1.807, 2.05) is 0 Å². The maximum atomic E-state index is 12.4. The van der Waals surface area contributed by atoms with E-state index >= 15 is 0 Å². The summed E-state index contributed by atoms with van der Waals surface area (Å²) in [4.78, 5) is 12.9. The molecule has 2 heterocycles. The van der Waals surface area contributed by atoms with Crippen LogP contribution in [0.3, 0.4) is 0 Å². The number of alkyl halides is 3. The Kier molecular flexibility index (Phi) is 8.93. The minimum atomic E-state index is -5.08. The van der Waals surface area contributed by atoms with Gasteiger partial charge in [0.05, 0.1) is 18.1 Å². The molecule has 0 spiro atoms. The van der Waals surface area contributed by atoms with E-state index in [0.717, 1.165) is 0 Å². The van der Waals surface area contributed by atoms with Crippen LogP contribution in [-0.4, -0.2) is 71.9 Å². The highest BCUT2D eigenvalue weighted by Crippen LogP contribution is 2.31. The molecule has 1 saturated heterocycles. The minimum Gasteiger partial charge on any atom is -0.475 e. The molecular weight excluding hydrogens is 450 g/mol. The van der Waals surface area contributed by atoms with Gasteiger partial charge in [-0.15, -0.1) is 0 Å². The maximum Gasteiger partial charge on any atom is 0.490 e. The topological polar surface area (TPSA) is 143 Å². The third-order valence-electron chi connectivity index (χ3n) is 4.26. The molecule has 0 radical (unpaired) electrons. The van der Waals surface area contributed by atoms with Gasteiger partial charge in [0.15, 0.2) is 0 Å². The van der Waals surface area contributed by atoms with E-state index in [-0.39, 0.29) is 48.5 Å². The number of carboxylic acids is 1. The fraction of sp³-hybridized carbons (Fsp3) is 0.529. The van der Waals surface area contributed by atoms with Gasteiger partial charge in [0.25, 0.3) is 0 Å². The summed E-state index contributed by atoms with van der Waals surface area (Å²) in [6.07, 6.45) is -3.51. The van der Waals surface area contributed by atoms with Crippen molar-refractivity contribution in [3.8, 4) is 5.88 Å². The molecule has 176 valence electrons. The SMILES string of the molecule is CC(C)(O)C1CN(S(=O)(=O)c2ccc(OC/C(=C/F)CN)nc2)C1.O=C(O)C(F)(F)F. The molecule has 0 aromatic carbocycles. The summed E-state index contributed by atoms with van der Waals surface area (Å²) in [5, 5.41) is 17.0. The van der Waals surface area contributed by atoms with E-state index in [0.29, 0.717) is 6.33 Å². The van der Waals surface area contributed by atoms with Crippen LogP contribution in [0.2, 0.25) is 0 Å². The van der Waals surface area contributed by atoms with Crippen molar-refractivity contribution in [3.63, 3.8) is 0 Å². The number of aliphatic hydroxyl groups is 1. The Hall–Kier alpha value is -2.29. The smallest absolute Gasteiger partial charge is 0.475 e. The highest BCUT2D eigenvalue weighted by Gasteiger charge is 2.43. The summed E-state index contributed by atoms with van der Waals surface area (Å²) >= 11 is 0. The summed E-state index contributed by atoms with van der Waals surface area (Å²) in [6.45, 7) is 3.84. The Morgan fingerprint density at radius 3 is 2.26 bits per heavy atom. The number of nitrogens with zero attached hydrogens (tertiary/aromatic N) is 2. The Morgan fingerprint density at radius 2 is 1.90 bits per heavy atom. The molecule has 0 saturated carbocycles. The first-order chi connectivity index (χ1) is 14.1. The van der Waals surface area contributed by atoms with Crippen LogP contribution < -0.4 is 10.5 Å². The molecule has 1 aliphatic heterocycles. The lowest BCUT2D eigenvalue weighted by Crippen LogP contribution is -2.57. The number of sulfonamides is 1. The monoisotopic (exact) mass is 473 g/mol. The van der Waals surface area contributed by atoms with Gasteiger partial charge in [0, 0.05) is 37.2 Å². The second-order valence-corrected chi connectivity index (χ2v) is 9.01. The second kappa shape index (κ2) is 10.3. The average Bonchev–Trinajstić information content (AvgIpc) is 2.60. The standard InChI is InChI=1S/C15H22FN3O4S.C2HF3O2/c1-15(2,20)12-8-19(9-12)24(21,22)13-3-4-14(18-7-13)23-10-11(5-16)6-17;3-2(4,5)1(6)7/h3-5,7,12,20H,6,8-10,17H2,1-2H3;(H,6,7)/b11-5+;. The number of hydrogen-bond donors (Lipinski definition) is 3. The largest absolute Gasteiger partial charge is 0.490 e. The van der Waals surface area contributed by atoms with E-state index in [4.69, 9.17) is 20.4 Å². The number of nitrogens with two attached hydrogens (primary N) is 1. The molecule has 1 aromatic rings. The van der Waals surface area contributed by atoms with Crippen molar-refractivity contribution in [3.05, 3.63) is 30.2 Å². The van der Waals surface area contributed by atoms with E-state index < -0.39 is 27.8 Å². The zero-order chi connectivity index (χ0) is 24.0. The number of halogens is 4. The number of carbonyl (C=O) groups is 1. The Morgan fingerprint density at radius 1 is 1.35 bits per heavy atom. The average molecular weight is 473 g/mol. The molecule has 0 atom stereocenters. The molecule has 0 amide bonds. The number of aromatic nitrogens is 1. The summed E-state index contributed by atoms with van der Waals surface area (Å²) in [5.41, 5.74) is 4.67. The van der Waals surface area contributed by atoms with E-state index in [1.54, 1.807) is 13.8 Å². The summed E-state index contributed by atoms with van der Waals surface area (Å²) < 4.78 is 75.5. The second-order valence-electron chi connectivity index (χ2n) is 7.07. The maximum absolute atomic E-state index is 12.4. The van der Waals surface area contributed by atoms with E-state index in [9.17, 15) is 31.1 Å². The van der Waals surface area contributed by atoms with Crippen LogP contribution in [0.1, 0.15) is 13.8 Å². The van der Waals surface area contributed by atoms with Crippen molar-refractivity contribution in [2.75, 3.05) is 26.2 Å². The number of pyridine rings is 1. The Bertz CT molecular complexity index is 877. The van der Waals surface area contributed by atoms with Gasteiger partial charge in [0.2, 0.25) is 15.9 Å². The third-order valence-corrected chi connectivity index (χ3v) is 6.07. The highest BCUT2D eigenvalue weighted by atomic mass is 32.2. The fourth-order valence-corrected chi connectivity index (χ4v) is 3.61. The normalized spacial score (nSPS) is 16.2. The first kappa shape index (κ1) is 26.7. The van der Waals surface area contributed by atoms with Crippen molar-refractivity contribution < 1.29 is 45.7 Å². The van der Waals surface area contributed by atoms with Crippen LogP contribution >= 0.6 is 0 Å². The first-order valence-electron chi connectivity index (χ1n) is 8.72. The predicted molar refractivity (Wildman–Crippen MR) is 100 cm³/mol. The van der Waals surface area contributed by atoms with Gasteiger partial charge >= 0.3 is 12.1 Å². The van der Waals surface area contributed by atoms with Crippen LogP contribution in [0.25, 0.3) is 0 Å². The van der Waals surface area contributed by atoms with Crippen molar-refractivity contribution in [1.82, 2.24) is 9.29 Å². The van der Waals surface area contributed by atoms with Gasteiger partial charge in [-0.2, -0.15) is 17.5 Å². The summed E-state index contributed by atoms with van der Waals surface area (Å²) in [6, 6.07) is 2.79. The summed E-state index contributed by atoms with van der Waals surface area (Å²) in [5.74, 6) is -2.67. The van der Waals surface area contributed by atoms with Crippen molar-refractivity contribution in [2.45, 2.75) is 30.5 Å². The zero-order valence-corrected chi connectivity index (χ0v) is 17.5. The molecule has 0 unspecified atom stereocenters. The lowest BCUT2D eigenvalue weighted by atomic mass is 9.86. The highest BCUT2D eigenvalue weighted by molar-refractivity contribution is 7.89. The minimum absolute atomic E-state index is 0.0281. The molecular formula is C17H23F4N3O6S. The quantitative estimate of drug-likeness (QED) is 0.503. The van der Waals surface area contributed by atoms with Gasteiger partial charge < -0.3 is 20.7 Å². The molecule has 1 aromatic heterocycles. The molecule has 9 nitrogen and oxygen atoms in total. The number of rotatable bonds is 7. The van der Waals surface area contributed by atoms with Crippen LogP contribution in [0, 0.1) is 5.92 Å². The number of hydrogen-bond acceptors (Lipinski definition) is 7. The predicted octanol–water partition coefficient (Wildman–Crippen LogP) is 1.30. The molecule has 0 aliphatic carbocycles. The molecule has 1 aliphatic rings. The zero-order valence-electron chi connectivity index (χ0n) is 16.6. The third kappa shape index (κ3) is 7.72. The molecule has 31 heavy (non-hydrogen) atoms. The molecule has 14 heteroatoms. The van der Waals surface area contributed by atoms with Crippen molar-refractivity contribution in [2.24, 2.45) is 11.7 Å². The van der Waals surface area contributed by atoms with E-state index in [2.05, 4.69) is 4.98 Å². The van der Waals surface area contributed by atoms with Gasteiger partial charge in [-0.1, -0.05) is 0 Å². The number of carboxylic acid groups (broad SMARTS) is 1. The number of aliphatic carboxylic acids is 1. The number of ether oxygens (including phenoxy) is 1. The van der Waals surface area contributed by atoms with Gasteiger partial charge in [-0.05, 0) is 19.9 Å². The Balaban J connectivity index is 0.000000592. The fourth-order valence-electron chi connectivity index (χ4n) is 2.14. The van der Waals surface area contributed by atoms with Crippen LogP contribution in [0.15, 0.2) is 35.1 Å². The van der Waals surface area contributed by atoms with E-state index in [1.165, 1.54) is 22.6 Å².